The molecule has 0 radical (unpaired) electrons. The highest BCUT2D eigenvalue weighted by molar-refractivity contribution is 7.89. The maximum Gasteiger partial charge on any atom is 0.243 e. The van der Waals surface area contributed by atoms with E-state index in [9.17, 15) is 13.5 Å². The van der Waals surface area contributed by atoms with Gasteiger partial charge in [0.25, 0.3) is 0 Å². The van der Waals surface area contributed by atoms with E-state index in [0.717, 1.165) is 12.8 Å². The fourth-order valence-corrected chi connectivity index (χ4v) is 4.25. The van der Waals surface area contributed by atoms with Crippen LogP contribution in [0.5, 0.6) is 0 Å². The van der Waals surface area contributed by atoms with Gasteiger partial charge in [-0.15, -0.1) is 0 Å². The van der Waals surface area contributed by atoms with Crippen LogP contribution in [0.4, 0.5) is 5.69 Å². The molecule has 0 amide bonds. The second-order valence-electron chi connectivity index (χ2n) is 5.02. The monoisotopic (exact) mass is 284 g/mol. The zero-order valence-electron chi connectivity index (χ0n) is 11.0. The summed E-state index contributed by atoms with van der Waals surface area (Å²) in [4.78, 5) is 0.270. The first-order chi connectivity index (χ1) is 8.96. The van der Waals surface area contributed by atoms with Crippen molar-refractivity contribution in [3.05, 3.63) is 23.8 Å². The molecule has 6 heteroatoms. The molecule has 0 spiro atoms. The molecular formula is C13H20N2O3S. The molecule has 1 heterocycles. The second kappa shape index (κ2) is 5.48. The van der Waals surface area contributed by atoms with Gasteiger partial charge < -0.3 is 10.8 Å². The van der Waals surface area contributed by atoms with Gasteiger partial charge in [-0.25, -0.2) is 8.42 Å². The smallest absolute Gasteiger partial charge is 0.243 e. The van der Waals surface area contributed by atoms with Crippen LogP contribution in [0, 0.1) is 12.8 Å². The molecule has 1 fully saturated rings. The zero-order chi connectivity index (χ0) is 14.0. The summed E-state index contributed by atoms with van der Waals surface area (Å²) in [5.74, 6) is 0.0323. The van der Waals surface area contributed by atoms with Crippen molar-refractivity contribution in [3.8, 4) is 0 Å². The summed E-state index contributed by atoms with van der Waals surface area (Å²) < 4.78 is 26.7. The molecular weight excluding hydrogens is 264 g/mol. The Bertz CT molecular complexity index is 557. The lowest BCUT2D eigenvalue weighted by Crippen LogP contribution is -2.41. The van der Waals surface area contributed by atoms with Gasteiger partial charge in [-0.2, -0.15) is 4.31 Å². The summed E-state index contributed by atoms with van der Waals surface area (Å²) in [7, 11) is -3.52. The number of hydrogen-bond donors (Lipinski definition) is 2. The minimum Gasteiger partial charge on any atom is -0.398 e. The first-order valence-electron chi connectivity index (χ1n) is 6.43. The van der Waals surface area contributed by atoms with Crippen molar-refractivity contribution in [1.29, 1.82) is 0 Å². The summed E-state index contributed by atoms with van der Waals surface area (Å²) in [5.41, 5.74) is 6.85. The van der Waals surface area contributed by atoms with E-state index in [0.29, 0.717) is 24.3 Å². The summed E-state index contributed by atoms with van der Waals surface area (Å²) in [5, 5.41) is 9.20. The molecule has 1 aliphatic heterocycles. The lowest BCUT2D eigenvalue weighted by molar-refractivity contribution is 0.165. The predicted octanol–water partition coefficient (Wildman–Crippen LogP) is 0.970. The molecule has 1 aliphatic rings. The Hall–Kier alpha value is -1.11. The Balaban J connectivity index is 2.34. The molecule has 0 bridgehead atoms. The van der Waals surface area contributed by atoms with Crippen LogP contribution in [0.2, 0.25) is 0 Å². The third kappa shape index (κ3) is 2.75. The topological polar surface area (TPSA) is 83.6 Å². The van der Waals surface area contributed by atoms with Gasteiger partial charge in [0.05, 0.1) is 4.90 Å². The fraction of sp³-hybridized carbons (Fsp3) is 0.538. The van der Waals surface area contributed by atoms with Gasteiger partial charge in [0.1, 0.15) is 0 Å². The molecule has 1 atom stereocenters. The van der Waals surface area contributed by atoms with E-state index in [2.05, 4.69) is 0 Å². The van der Waals surface area contributed by atoms with Crippen LogP contribution in [0.1, 0.15) is 18.4 Å². The van der Waals surface area contributed by atoms with Gasteiger partial charge in [-0.1, -0.05) is 6.07 Å². The molecule has 106 valence electrons. The van der Waals surface area contributed by atoms with Gasteiger partial charge >= 0.3 is 0 Å². The Morgan fingerprint density at radius 1 is 1.47 bits per heavy atom. The van der Waals surface area contributed by atoms with Crippen LogP contribution >= 0.6 is 0 Å². The van der Waals surface area contributed by atoms with Crippen molar-refractivity contribution >= 4 is 15.7 Å². The molecule has 0 aromatic heterocycles. The number of aliphatic hydroxyl groups is 1. The summed E-state index contributed by atoms with van der Waals surface area (Å²) in [6.07, 6.45) is 1.66. The maximum atomic E-state index is 12.6. The lowest BCUT2D eigenvalue weighted by Gasteiger charge is -2.31. The van der Waals surface area contributed by atoms with Crippen molar-refractivity contribution in [1.82, 2.24) is 4.31 Å². The quantitative estimate of drug-likeness (QED) is 0.810. The Morgan fingerprint density at radius 2 is 2.21 bits per heavy atom. The minimum atomic E-state index is -3.52. The van der Waals surface area contributed by atoms with Crippen LogP contribution in [0.3, 0.4) is 0 Å². The van der Waals surface area contributed by atoms with Crippen LogP contribution in [0.25, 0.3) is 0 Å². The summed E-state index contributed by atoms with van der Waals surface area (Å²) in [6, 6.07) is 4.94. The summed E-state index contributed by atoms with van der Waals surface area (Å²) >= 11 is 0. The number of nitrogens with zero attached hydrogens (tertiary/aromatic N) is 1. The number of anilines is 1. The van der Waals surface area contributed by atoms with Crippen LogP contribution in [-0.4, -0.2) is 37.5 Å². The van der Waals surface area contributed by atoms with E-state index in [4.69, 9.17) is 5.73 Å². The van der Waals surface area contributed by atoms with Crippen molar-refractivity contribution in [2.75, 3.05) is 25.4 Å². The molecule has 5 nitrogen and oxygen atoms in total. The Morgan fingerprint density at radius 3 is 2.89 bits per heavy atom. The average molecular weight is 284 g/mol. The number of hydrogen-bond acceptors (Lipinski definition) is 4. The van der Waals surface area contributed by atoms with E-state index in [1.807, 2.05) is 0 Å². The van der Waals surface area contributed by atoms with Gasteiger partial charge in [0, 0.05) is 25.4 Å². The number of sulfonamides is 1. The Labute approximate surface area is 114 Å². The Kier molecular flexibility index (Phi) is 4.13. The van der Waals surface area contributed by atoms with Gasteiger partial charge in [-0.05, 0) is 43.4 Å². The maximum absolute atomic E-state index is 12.6. The highest BCUT2D eigenvalue weighted by Gasteiger charge is 2.31. The highest BCUT2D eigenvalue weighted by atomic mass is 32.2. The number of aliphatic hydroxyl groups excluding tert-OH is 1. The molecule has 1 aromatic carbocycles. The molecule has 0 saturated carbocycles. The van der Waals surface area contributed by atoms with Crippen LogP contribution < -0.4 is 5.73 Å². The first kappa shape index (κ1) is 14.3. The van der Waals surface area contributed by atoms with Crippen molar-refractivity contribution in [3.63, 3.8) is 0 Å². The van der Waals surface area contributed by atoms with Gasteiger partial charge in [0.2, 0.25) is 10.0 Å². The number of benzene rings is 1. The van der Waals surface area contributed by atoms with E-state index in [-0.39, 0.29) is 17.4 Å². The molecule has 2 rings (SSSR count). The average Bonchev–Trinajstić information content (AvgIpc) is 2.41. The largest absolute Gasteiger partial charge is 0.398 e. The minimum absolute atomic E-state index is 0.0297. The number of rotatable bonds is 3. The van der Waals surface area contributed by atoms with E-state index in [1.54, 1.807) is 25.1 Å². The van der Waals surface area contributed by atoms with E-state index >= 15 is 0 Å². The van der Waals surface area contributed by atoms with Crippen molar-refractivity contribution in [2.45, 2.75) is 24.7 Å². The lowest BCUT2D eigenvalue weighted by atomic mass is 10.0. The predicted molar refractivity (Wildman–Crippen MR) is 74.2 cm³/mol. The van der Waals surface area contributed by atoms with Gasteiger partial charge in [-0.3, -0.25) is 0 Å². The standard InChI is InChI=1S/C13H20N2O3S/c1-10-12(14)5-2-6-13(10)19(17,18)15-7-3-4-11(8-15)9-16/h2,5-6,11,16H,3-4,7-9,14H2,1H3. The molecule has 1 unspecified atom stereocenters. The molecule has 1 aromatic rings. The molecule has 0 aliphatic carbocycles. The highest BCUT2D eigenvalue weighted by Crippen LogP contribution is 2.27. The molecule has 1 saturated heterocycles. The summed E-state index contributed by atoms with van der Waals surface area (Å²) in [6.45, 7) is 2.64. The SMILES string of the molecule is Cc1c(N)cccc1S(=O)(=O)N1CCCC(CO)C1. The van der Waals surface area contributed by atoms with Crippen molar-refractivity contribution in [2.24, 2.45) is 5.92 Å². The van der Waals surface area contributed by atoms with E-state index in [1.165, 1.54) is 4.31 Å². The fourth-order valence-electron chi connectivity index (χ4n) is 2.44. The third-order valence-electron chi connectivity index (χ3n) is 3.68. The van der Waals surface area contributed by atoms with Gasteiger partial charge in [0.15, 0.2) is 0 Å². The van der Waals surface area contributed by atoms with E-state index < -0.39 is 10.0 Å². The first-order valence-corrected chi connectivity index (χ1v) is 7.87. The number of nitrogen functional groups attached to an aromatic ring is 1. The normalized spacial score (nSPS) is 21.5. The van der Waals surface area contributed by atoms with Crippen molar-refractivity contribution < 1.29 is 13.5 Å². The molecule has 3 N–H and O–H groups in total. The zero-order valence-corrected chi connectivity index (χ0v) is 11.9. The third-order valence-corrected chi connectivity index (χ3v) is 5.69. The molecule has 19 heavy (non-hydrogen) atoms. The van der Waals surface area contributed by atoms with Crippen LogP contribution in [-0.2, 0) is 10.0 Å². The number of piperidine rings is 1. The second-order valence-corrected chi connectivity index (χ2v) is 6.93. The number of nitrogens with two attached hydrogens (primary N) is 1. The van der Waals surface area contributed by atoms with Crippen LogP contribution in [0.15, 0.2) is 23.1 Å².